The molecule has 4 heavy (non-hydrogen) atoms. The van der Waals surface area contributed by atoms with Crippen LogP contribution < -0.4 is 0 Å². The molecular weight excluding hydrogens is 171 g/mol. The van der Waals surface area contributed by atoms with E-state index in [2.05, 4.69) is 8.44 Å². The van der Waals surface area contributed by atoms with Crippen molar-refractivity contribution >= 4 is 23.0 Å². The molecule has 0 aromatic heterocycles. The van der Waals surface area contributed by atoms with Gasteiger partial charge in [-0.05, 0) is 0 Å². The minimum atomic E-state index is 1.50. The number of nitrogens with one attached hydrogen (secondary N) is 1. The zero-order valence-corrected chi connectivity index (χ0v) is 3.89. The zero-order valence-electron chi connectivity index (χ0n) is 1.73. The summed E-state index contributed by atoms with van der Waals surface area (Å²) in [6, 6.07) is 0. The van der Waals surface area contributed by atoms with Gasteiger partial charge in [0.2, 0.25) is 23.0 Å². The fourth-order valence-corrected chi connectivity index (χ4v) is 0. The number of nitrogens with zero attached hydrogens (tertiary/aromatic N) is 1. The van der Waals surface area contributed by atoms with Gasteiger partial charge in [-0.2, -0.15) is 5.53 Å². The fraction of sp³-hybridized carbons (Fsp3) is 0. The quantitative estimate of drug-likeness (QED) is 0.361. The highest BCUT2D eigenvalue weighted by molar-refractivity contribution is 14.1. The van der Waals surface area contributed by atoms with Gasteiger partial charge >= 0.3 is 0 Å². The van der Waals surface area contributed by atoms with Crippen LogP contribution in [-0.2, 0) is 3.17 Å². The van der Waals surface area contributed by atoms with Crippen LogP contribution in [0, 0.1) is 5.53 Å². The van der Waals surface area contributed by atoms with Gasteiger partial charge in [0.1, 0.15) is 0 Å². The van der Waals surface area contributed by atoms with E-state index in [1.54, 1.807) is 0 Å². The molecule has 0 aliphatic carbocycles. The SMILES string of the molecule is N=NOI. The Balaban J connectivity index is 2.30. The molecule has 0 radical (unpaired) electrons. The normalized spacial score (nSPS) is 5.25. The monoisotopic (exact) mass is 172 g/mol. The third-order valence-electron chi connectivity index (χ3n) is 0.0345. The van der Waals surface area contributed by atoms with E-state index in [-0.39, 0.29) is 0 Å². The van der Waals surface area contributed by atoms with E-state index >= 15 is 0 Å². The first-order chi connectivity index (χ1) is 1.91. The molecule has 0 saturated carbocycles. The predicted molar refractivity (Wildman–Crippen MR) is 20.3 cm³/mol. The average Bonchev–Trinajstić information content (AvgIpc) is 1.37. The Morgan fingerprint density at radius 2 is 2.25 bits per heavy atom. The first-order valence-electron chi connectivity index (χ1n) is 0.560. The second kappa shape index (κ2) is 3.13. The summed E-state index contributed by atoms with van der Waals surface area (Å²) in [6.45, 7) is 0. The Labute approximate surface area is 37.5 Å². The van der Waals surface area contributed by atoms with Crippen LogP contribution in [0.5, 0.6) is 0 Å². The third kappa shape index (κ3) is 2.13. The topological polar surface area (TPSA) is 45.4 Å². The summed E-state index contributed by atoms with van der Waals surface area (Å²) in [6.07, 6.45) is 0. The molecule has 0 spiro atoms. The number of hydrogen-bond acceptors (Lipinski definition) is 3. The van der Waals surface area contributed by atoms with Gasteiger partial charge in [-0.25, -0.2) is 0 Å². The van der Waals surface area contributed by atoms with Crippen LogP contribution in [0.15, 0.2) is 5.28 Å². The van der Waals surface area contributed by atoms with Crippen LogP contribution >= 0.6 is 23.0 Å². The summed E-state index contributed by atoms with van der Waals surface area (Å²) >= 11 is 1.50. The minimum absolute atomic E-state index is 1.50. The first kappa shape index (κ1) is 4.13. The van der Waals surface area contributed by atoms with Crippen LogP contribution in [0.4, 0.5) is 0 Å². The maximum Gasteiger partial charge on any atom is 0.232 e. The summed E-state index contributed by atoms with van der Waals surface area (Å²) in [4.78, 5) is 0. The van der Waals surface area contributed by atoms with Gasteiger partial charge in [0, 0.05) is 5.28 Å². The van der Waals surface area contributed by atoms with Crippen molar-refractivity contribution in [3.05, 3.63) is 0 Å². The largest absolute Gasteiger partial charge is 0.309 e. The Bertz CT molecular complexity index is 20.0. The summed E-state index contributed by atoms with van der Waals surface area (Å²) < 4.78 is 3.80. The maximum absolute atomic E-state index is 5.85. The lowest BCUT2D eigenvalue weighted by atomic mass is 13.1. The molecule has 0 aromatic carbocycles. The standard InChI is InChI=1S/HIN2O/c1-4-3-2/h2H. The van der Waals surface area contributed by atoms with Gasteiger partial charge in [-0.1, -0.05) is 0 Å². The molecule has 0 atom stereocenters. The second-order valence-electron chi connectivity index (χ2n) is 0.160. The van der Waals surface area contributed by atoms with Gasteiger partial charge in [0.25, 0.3) is 0 Å². The Morgan fingerprint density at radius 3 is 2.25 bits per heavy atom. The lowest BCUT2D eigenvalue weighted by Gasteiger charge is -1.62. The van der Waals surface area contributed by atoms with Crippen molar-refractivity contribution in [2.45, 2.75) is 0 Å². The van der Waals surface area contributed by atoms with Crippen molar-refractivity contribution in [3.8, 4) is 0 Å². The van der Waals surface area contributed by atoms with E-state index in [1.807, 2.05) is 0 Å². The molecule has 0 aromatic rings. The molecule has 0 fully saturated rings. The van der Waals surface area contributed by atoms with E-state index in [0.717, 1.165) is 0 Å². The van der Waals surface area contributed by atoms with E-state index in [0.29, 0.717) is 0 Å². The van der Waals surface area contributed by atoms with Crippen LogP contribution in [-0.4, -0.2) is 0 Å². The third-order valence-corrected chi connectivity index (χ3v) is 0.231. The molecule has 24 valence electrons. The molecule has 0 heterocycles. The van der Waals surface area contributed by atoms with Crippen molar-refractivity contribution in [1.82, 2.24) is 0 Å². The average molecular weight is 172 g/mol. The molecule has 0 saturated heterocycles. The van der Waals surface area contributed by atoms with Crippen LogP contribution in [0.3, 0.4) is 0 Å². The van der Waals surface area contributed by atoms with Gasteiger partial charge in [0.05, 0.1) is 0 Å². The molecular formula is HIN2O. The number of rotatable bonds is 1. The molecule has 1 N–H and O–H groups in total. The molecule has 4 heteroatoms. The summed E-state index contributed by atoms with van der Waals surface area (Å²) in [5, 5.41) is 2.47. The molecule has 0 rings (SSSR count). The van der Waals surface area contributed by atoms with Crippen LogP contribution in [0.2, 0.25) is 0 Å². The molecule has 0 bridgehead atoms. The fourth-order valence-electron chi connectivity index (χ4n) is 0. The summed E-state index contributed by atoms with van der Waals surface area (Å²) in [5.41, 5.74) is 5.85. The van der Waals surface area contributed by atoms with Gasteiger partial charge in [-0.3, -0.25) is 0 Å². The van der Waals surface area contributed by atoms with E-state index in [9.17, 15) is 0 Å². The molecule has 0 aliphatic heterocycles. The smallest absolute Gasteiger partial charge is 0.232 e. The van der Waals surface area contributed by atoms with Crippen LogP contribution in [0.1, 0.15) is 0 Å². The number of hydrogen-bond donors (Lipinski definition) is 1. The van der Waals surface area contributed by atoms with E-state index in [4.69, 9.17) is 5.53 Å². The summed E-state index contributed by atoms with van der Waals surface area (Å²) in [5.74, 6) is 0. The lowest BCUT2D eigenvalue weighted by molar-refractivity contribution is 0.407. The minimum Gasteiger partial charge on any atom is -0.309 e. The Morgan fingerprint density at radius 1 is 2.00 bits per heavy atom. The molecule has 0 unspecified atom stereocenters. The predicted octanol–water partition coefficient (Wildman–Crippen LogP) is 1.30. The Kier molecular flexibility index (Phi) is 3.23. The van der Waals surface area contributed by atoms with Crippen LogP contribution in [0.25, 0.3) is 0 Å². The van der Waals surface area contributed by atoms with E-state index < -0.39 is 0 Å². The van der Waals surface area contributed by atoms with Crippen molar-refractivity contribution in [2.24, 2.45) is 5.28 Å². The Hall–Kier alpha value is 0.130. The van der Waals surface area contributed by atoms with Crippen molar-refractivity contribution in [2.75, 3.05) is 0 Å². The van der Waals surface area contributed by atoms with Gasteiger partial charge in [-0.15, -0.1) is 0 Å². The molecule has 0 aliphatic rings. The lowest BCUT2D eigenvalue weighted by Crippen LogP contribution is -1.35. The van der Waals surface area contributed by atoms with Gasteiger partial charge in [0.15, 0.2) is 0 Å². The highest BCUT2D eigenvalue weighted by Crippen LogP contribution is 1.79. The second-order valence-corrected chi connectivity index (χ2v) is 0.554. The van der Waals surface area contributed by atoms with E-state index in [1.165, 1.54) is 23.0 Å². The highest BCUT2D eigenvalue weighted by atomic mass is 127. The summed E-state index contributed by atoms with van der Waals surface area (Å²) in [7, 11) is 0. The van der Waals surface area contributed by atoms with Gasteiger partial charge < -0.3 is 3.17 Å². The van der Waals surface area contributed by atoms with Crippen molar-refractivity contribution < 1.29 is 3.17 Å². The zero-order chi connectivity index (χ0) is 3.41. The molecule has 3 nitrogen and oxygen atoms in total. The van der Waals surface area contributed by atoms with Crippen molar-refractivity contribution in [1.29, 1.82) is 5.53 Å². The maximum atomic E-state index is 5.85. The van der Waals surface area contributed by atoms with Crippen molar-refractivity contribution in [3.63, 3.8) is 0 Å². The molecule has 0 amide bonds. The highest BCUT2D eigenvalue weighted by Gasteiger charge is 1.44. The first-order valence-corrected chi connectivity index (χ1v) is 1.44. The number of halogens is 1.